The highest BCUT2D eigenvalue weighted by molar-refractivity contribution is 7.99. The van der Waals surface area contributed by atoms with Crippen LogP contribution in [0.3, 0.4) is 0 Å². The van der Waals surface area contributed by atoms with E-state index in [0.717, 1.165) is 28.5 Å². The quantitative estimate of drug-likeness (QED) is 0.849. The first-order valence-electron chi connectivity index (χ1n) is 6.25. The van der Waals surface area contributed by atoms with Crippen LogP contribution in [0.4, 0.5) is 0 Å². The summed E-state index contributed by atoms with van der Waals surface area (Å²) >= 11 is 1.22. The molecule has 1 N–H and O–H groups in total. The fraction of sp³-hybridized carbons (Fsp3) is 0.385. The van der Waals surface area contributed by atoms with Gasteiger partial charge in [0.05, 0.1) is 11.4 Å². The van der Waals surface area contributed by atoms with Crippen molar-refractivity contribution in [3.8, 4) is 5.95 Å². The molecule has 0 unspecified atom stereocenters. The largest absolute Gasteiger partial charge is 0.481 e. The van der Waals surface area contributed by atoms with E-state index in [4.69, 9.17) is 5.11 Å². The third-order valence-electron chi connectivity index (χ3n) is 2.59. The van der Waals surface area contributed by atoms with Crippen LogP contribution in [0.1, 0.15) is 24.0 Å². The normalized spacial score (nSPS) is 10.8. The molecule has 2 aromatic heterocycles. The monoisotopic (exact) mass is 292 g/mol. The summed E-state index contributed by atoms with van der Waals surface area (Å²) in [5, 5.41) is 14.0. The number of nitrogens with zero attached hydrogens (tertiary/aromatic N) is 4. The van der Waals surface area contributed by atoms with Crippen molar-refractivity contribution in [3.05, 3.63) is 29.2 Å². The second-order valence-electron chi connectivity index (χ2n) is 4.37. The number of aryl methyl sites for hydroxylation is 3. The molecule has 2 rings (SSSR count). The summed E-state index contributed by atoms with van der Waals surface area (Å²) < 4.78 is 1.62. The number of aliphatic carboxylic acids is 1. The number of carboxylic acid groups (broad SMARTS) is 1. The average molecular weight is 292 g/mol. The van der Waals surface area contributed by atoms with Crippen molar-refractivity contribution in [1.29, 1.82) is 0 Å². The van der Waals surface area contributed by atoms with Gasteiger partial charge in [-0.15, -0.1) is 0 Å². The zero-order chi connectivity index (χ0) is 14.7. The molecule has 20 heavy (non-hydrogen) atoms. The highest BCUT2D eigenvalue weighted by atomic mass is 32.2. The number of thioether (sulfide) groups is 1. The summed E-state index contributed by atoms with van der Waals surface area (Å²) in [7, 11) is 0. The molecule has 0 saturated carbocycles. The molecule has 2 heterocycles. The Hall–Kier alpha value is -1.89. The predicted octanol–water partition coefficient (Wildman–Crippen LogP) is 2.02. The minimum absolute atomic E-state index is 0.0142. The Labute approximate surface area is 121 Å². The van der Waals surface area contributed by atoms with Crippen LogP contribution in [-0.2, 0) is 11.2 Å². The molecule has 2 aromatic rings. The number of carbonyl (C=O) groups is 1. The molecule has 0 aromatic carbocycles. The standard InChI is InChI=1S/C13H16N4O2S/c1-4-10-6-11(20-7-12(18)19)17(16-10)13-14-8(2)5-9(3)15-13/h5-6H,4,7H2,1-3H3,(H,18,19). The van der Waals surface area contributed by atoms with Crippen molar-refractivity contribution in [3.63, 3.8) is 0 Å². The van der Waals surface area contributed by atoms with Crippen LogP contribution in [0.15, 0.2) is 17.2 Å². The van der Waals surface area contributed by atoms with Crippen LogP contribution in [-0.4, -0.2) is 36.6 Å². The molecule has 0 amide bonds. The van der Waals surface area contributed by atoms with Crippen LogP contribution in [0.5, 0.6) is 0 Å². The van der Waals surface area contributed by atoms with Gasteiger partial charge in [-0.3, -0.25) is 4.79 Å². The van der Waals surface area contributed by atoms with Gasteiger partial charge in [-0.25, -0.2) is 9.97 Å². The minimum atomic E-state index is -0.859. The topological polar surface area (TPSA) is 80.9 Å². The lowest BCUT2D eigenvalue weighted by Crippen LogP contribution is -2.08. The molecule has 0 bridgehead atoms. The van der Waals surface area contributed by atoms with E-state index in [1.807, 2.05) is 32.9 Å². The van der Waals surface area contributed by atoms with Gasteiger partial charge in [0, 0.05) is 11.4 Å². The predicted molar refractivity (Wildman–Crippen MR) is 76.4 cm³/mol. The molecule has 0 radical (unpaired) electrons. The summed E-state index contributed by atoms with van der Waals surface area (Å²) in [6.45, 7) is 5.79. The zero-order valence-corrected chi connectivity index (χ0v) is 12.4. The highest BCUT2D eigenvalue weighted by Gasteiger charge is 2.13. The van der Waals surface area contributed by atoms with Crippen molar-refractivity contribution in [2.75, 3.05) is 5.75 Å². The van der Waals surface area contributed by atoms with Crippen LogP contribution in [0, 0.1) is 13.8 Å². The average Bonchev–Trinajstić information content (AvgIpc) is 2.78. The van der Waals surface area contributed by atoms with Crippen molar-refractivity contribution in [2.45, 2.75) is 32.2 Å². The first-order valence-corrected chi connectivity index (χ1v) is 7.24. The van der Waals surface area contributed by atoms with E-state index in [0.29, 0.717) is 5.95 Å². The van der Waals surface area contributed by atoms with Crippen molar-refractivity contribution < 1.29 is 9.90 Å². The van der Waals surface area contributed by atoms with Gasteiger partial charge in [0.25, 0.3) is 5.95 Å². The molecule has 0 aliphatic rings. The van der Waals surface area contributed by atoms with Crippen molar-refractivity contribution >= 4 is 17.7 Å². The second-order valence-corrected chi connectivity index (χ2v) is 5.37. The summed E-state index contributed by atoms with van der Waals surface area (Å²) in [5.74, 6) is -0.392. The third kappa shape index (κ3) is 3.36. The minimum Gasteiger partial charge on any atom is -0.481 e. The molecule has 7 heteroatoms. The number of rotatable bonds is 5. The van der Waals surface area contributed by atoms with Gasteiger partial charge in [-0.1, -0.05) is 18.7 Å². The molecule has 0 aliphatic carbocycles. The lowest BCUT2D eigenvalue weighted by atomic mass is 10.3. The molecule has 6 nitrogen and oxygen atoms in total. The Bertz CT molecular complexity index is 619. The van der Waals surface area contributed by atoms with E-state index >= 15 is 0 Å². The summed E-state index contributed by atoms with van der Waals surface area (Å²) in [4.78, 5) is 19.5. The molecule has 0 spiro atoms. The summed E-state index contributed by atoms with van der Waals surface area (Å²) in [5.41, 5.74) is 2.60. The van der Waals surface area contributed by atoms with E-state index < -0.39 is 5.97 Å². The van der Waals surface area contributed by atoms with Gasteiger partial charge >= 0.3 is 5.97 Å². The highest BCUT2D eigenvalue weighted by Crippen LogP contribution is 2.22. The van der Waals surface area contributed by atoms with Crippen LogP contribution in [0.2, 0.25) is 0 Å². The van der Waals surface area contributed by atoms with Gasteiger partial charge < -0.3 is 5.11 Å². The Morgan fingerprint density at radius 3 is 2.50 bits per heavy atom. The first kappa shape index (κ1) is 14.5. The second kappa shape index (κ2) is 6.04. The fourth-order valence-electron chi connectivity index (χ4n) is 1.77. The van der Waals surface area contributed by atoms with Crippen LogP contribution >= 0.6 is 11.8 Å². The fourth-order valence-corrected chi connectivity index (χ4v) is 2.50. The van der Waals surface area contributed by atoms with E-state index in [2.05, 4.69) is 15.1 Å². The smallest absolute Gasteiger partial charge is 0.313 e. The Morgan fingerprint density at radius 2 is 1.95 bits per heavy atom. The number of carboxylic acids is 1. The maximum atomic E-state index is 10.7. The third-order valence-corrected chi connectivity index (χ3v) is 3.57. The molecule has 0 saturated heterocycles. The Balaban J connectivity index is 2.42. The SMILES string of the molecule is CCc1cc(SCC(=O)O)n(-c2nc(C)cc(C)n2)n1. The van der Waals surface area contributed by atoms with Gasteiger partial charge in [0.2, 0.25) is 0 Å². The van der Waals surface area contributed by atoms with Crippen molar-refractivity contribution in [2.24, 2.45) is 0 Å². The van der Waals surface area contributed by atoms with Crippen molar-refractivity contribution in [1.82, 2.24) is 19.7 Å². The number of aromatic nitrogens is 4. The van der Waals surface area contributed by atoms with Gasteiger partial charge in [-0.05, 0) is 32.4 Å². The van der Waals surface area contributed by atoms with Gasteiger partial charge in [-0.2, -0.15) is 9.78 Å². The van der Waals surface area contributed by atoms with E-state index in [1.54, 1.807) is 4.68 Å². The van der Waals surface area contributed by atoms with Crippen LogP contribution < -0.4 is 0 Å². The molecular weight excluding hydrogens is 276 g/mol. The van der Waals surface area contributed by atoms with E-state index in [1.165, 1.54) is 11.8 Å². The zero-order valence-electron chi connectivity index (χ0n) is 11.6. The maximum absolute atomic E-state index is 10.7. The van der Waals surface area contributed by atoms with E-state index in [-0.39, 0.29) is 5.75 Å². The lowest BCUT2D eigenvalue weighted by Gasteiger charge is -2.06. The molecule has 0 atom stereocenters. The maximum Gasteiger partial charge on any atom is 0.313 e. The number of hydrogen-bond donors (Lipinski definition) is 1. The van der Waals surface area contributed by atoms with Crippen LogP contribution in [0.25, 0.3) is 5.95 Å². The molecule has 0 fully saturated rings. The summed E-state index contributed by atoms with van der Waals surface area (Å²) in [6, 6.07) is 3.77. The van der Waals surface area contributed by atoms with Gasteiger partial charge in [0.1, 0.15) is 5.03 Å². The number of hydrogen-bond acceptors (Lipinski definition) is 5. The Morgan fingerprint density at radius 1 is 1.30 bits per heavy atom. The molecule has 106 valence electrons. The summed E-state index contributed by atoms with van der Waals surface area (Å²) in [6.07, 6.45) is 0.776. The lowest BCUT2D eigenvalue weighted by molar-refractivity contribution is -0.133. The first-order chi connectivity index (χ1) is 9.49. The Kier molecular flexibility index (Phi) is 4.39. The molecular formula is C13H16N4O2S. The molecule has 0 aliphatic heterocycles. The van der Waals surface area contributed by atoms with Gasteiger partial charge in [0.15, 0.2) is 0 Å². The van der Waals surface area contributed by atoms with E-state index in [9.17, 15) is 4.79 Å².